The van der Waals surface area contributed by atoms with Crippen molar-refractivity contribution in [3.8, 4) is 0 Å². The lowest BCUT2D eigenvalue weighted by molar-refractivity contribution is -0.136. The van der Waals surface area contributed by atoms with Crippen molar-refractivity contribution in [1.82, 2.24) is 15.1 Å². The van der Waals surface area contributed by atoms with Gasteiger partial charge < -0.3 is 5.73 Å². The summed E-state index contributed by atoms with van der Waals surface area (Å²) in [6, 6.07) is 10.6. The maximum absolute atomic E-state index is 15.1. The average molecular weight is 482 g/mol. The topological polar surface area (TPSA) is 113 Å². The lowest BCUT2D eigenvalue weighted by Gasteiger charge is -2.27. The molecule has 4 amide bonds. The first-order valence-electron chi connectivity index (χ1n) is 11.4. The molecule has 182 valence electrons. The minimum Gasteiger partial charge on any atom is -0.326 e. The quantitative estimate of drug-likeness (QED) is 0.627. The number of fused-ring (bicyclic) bond motifs is 1. The van der Waals surface area contributed by atoms with E-state index in [4.69, 9.17) is 5.73 Å². The van der Waals surface area contributed by atoms with Crippen LogP contribution in [0, 0.1) is 5.92 Å². The molecule has 3 N–H and O–H groups in total. The molecule has 0 aromatic heterocycles. The zero-order valence-electron chi connectivity index (χ0n) is 18.7. The Bertz CT molecular complexity index is 1220. The van der Waals surface area contributed by atoms with Gasteiger partial charge in [0.2, 0.25) is 11.8 Å². The third-order valence-electron chi connectivity index (χ3n) is 6.98. The second-order valence-corrected chi connectivity index (χ2v) is 9.28. The van der Waals surface area contributed by atoms with Crippen LogP contribution < -0.4 is 11.1 Å². The van der Waals surface area contributed by atoms with E-state index in [0.29, 0.717) is 5.56 Å². The number of imide groups is 2. The number of nitrogens with one attached hydrogen (secondary N) is 1. The molecule has 5 rings (SSSR count). The van der Waals surface area contributed by atoms with Gasteiger partial charge in [-0.2, -0.15) is 0 Å². The van der Waals surface area contributed by atoms with E-state index in [1.165, 1.54) is 18.2 Å². The molecule has 0 saturated carbocycles. The molecule has 0 bridgehead atoms. The Hall–Kier alpha value is -3.50. The Morgan fingerprint density at radius 3 is 2.40 bits per heavy atom. The van der Waals surface area contributed by atoms with Gasteiger partial charge >= 0.3 is 0 Å². The van der Waals surface area contributed by atoms with Crippen LogP contribution in [0.3, 0.4) is 0 Å². The van der Waals surface area contributed by atoms with Crippen LogP contribution >= 0.6 is 0 Å². The van der Waals surface area contributed by atoms with Gasteiger partial charge in [-0.15, -0.1) is 0 Å². The predicted octanol–water partition coefficient (Wildman–Crippen LogP) is 1.64. The highest BCUT2D eigenvalue weighted by molar-refractivity contribution is 6.23. The normalized spacial score (nSPS) is 25.2. The van der Waals surface area contributed by atoms with E-state index in [0.717, 1.165) is 4.90 Å². The van der Waals surface area contributed by atoms with Crippen molar-refractivity contribution in [1.29, 1.82) is 0 Å². The number of piperidine rings is 1. The van der Waals surface area contributed by atoms with Crippen molar-refractivity contribution in [3.05, 3.63) is 70.8 Å². The highest BCUT2D eigenvalue weighted by Crippen LogP contribution is 2.41. The zero-order valence-corrected chi connectivity index (χ0v) is 18.7. The number of nitrogens with two attached hydrogens (primary N) is 1. The number of amides is 4. The average Bonchev–Trinajstić information content (AvgIpc) is 3.32. The Balaban J connectivity index is 1.31. The number of likely N-dealkylation sites (tertiary alicyclic amines) is 1. The number of nitrogens with zero attached hydrogens (tertiary/aromatic N) is 2. The second kappa shape index (κ2) is 8.62. The lowest BCUT2D eigenvalue weighted by Crippen LogP contribution is -2.54. The second-order valence-electron chi connectivity index (χ2n) is 9.28. The maximum atomic E-state index is 15.1. The first kappa shape index (κ1) is 23.3. The molecular weight excluding hydrogens is 458 g/mol. The van der Waals surface area contributed by atoms with Gasteiger partial charge in [0.05, 0.1) is 17.0 Å². The Kier molecular flexibility index (Phi) is 5.72. The standard InChI is InChI=1S/C25H24F2N4O4/c26-25(27,15-4-2-1-3-5-15)18-12-30(13-19(18)28)11-14-6-7-16-17(10-14)24(35)31(23(16)34)20-8-9-21(32)29-22(20)33/h1-7,10,18-20H,8-9,11-13,28H2,(H,29,32,33)/t18-,19-,20?/m1/s1. The van der Waals surface area contributed by atoms with E-state index in [9.17, 15) is 19.2 Å². The molecule has 0 aliphatic carbocycles. The fraction of sp³-hybridized carbons (Fsp3) is 0.360. The largest absolute Gasteiger partial charge is 0.326 e. The Morgan fingerprint density at radius 2 is 1.69 bits per heavy atom. The Labute approximate surface area is 200 Å². The summed E-state index contributed by atoms with van der Waals surface area (Å²) in [5, 5.41) is 2.16. The molecule has 10 heteroatoms. The number of benzene rings is 2. The molecule has 0 radical (unpaired) electrons. The van der Waals surface area contributed by atoms with E-state index in [1.54, 1.807) is 30.3 Å². The van der Waals surface area contributed by atoms with Crippen LogP contribution in [0.1, 0.15) is 44.7 Å². The minimum absolute atomic E-state index is 0.0407. The van der Waals surface area contributed by atoms with Gasteiger partial charge in [0.15, 0.2) is 0 Å². The van der Waals surface area contributed by atoms with E-state index >= 15 is 8.78 Å². The van der Waals surface area contributed by atoms with Crippen LogP contribution in [0.15, 0.2) is 48.5 Å². The third kappa shape index (κ3) is 4.02. The van der Waals surface area contributed by atoms with Crippen LogP contribution in [0.25, 0.3) is 0 Å². The highest BCUT2D eigenvalue weighted by atomic mass is 19.3. The molecule has 3 aliphatic heterocycles. The number of hydrogen-bond acceptors (Lipinski definition) is 6. The van der Waals surface area contributed by atoms with Gasteiger partial charge in [-0.05, 0) is 24.1 Å². The molecule has 3 heterocycles. The predicted molar refractivity (Wildman–Crippen MR) is 120 cm³/mol. The van der Waals surface area contributed by atoms with Crippen molar-refractivity contribution < 1.29 is 28.0 Å². The minimum atomic E-state index is -3.09. The van der Waals surface area contributed by atoms with Crippen LogP contribution in [-0.2, 0) is 22.1 Å². The Morgan fingerprint density at radius 1 is 0.971 bits per heavy atom. The van der Waals surface area contributed by atoms with Gasteiger partial charge in [0.1, 0.15) is 6.04 Å². The fourth-order valence-electron chi connectivity index (χ4n) is 5.18. The number of alkyl halides is 2. The number of rotatable bonds is 5. The van der Waals surface area contributed by atoms with Crippen LogP contribution in [0.4, 0.5) is 8.78 Å². The van der Waals surface area contributed by atoms with Crippen LogP contribution in [0.2, 0.25) is 0 Å². The van der Waals surface area contributed by atoms with Crippen LogP contribution in [0.5, 0.6) is 0 Å². The van der Waals surface area contributed by atoms with Crippen LogP contribution in [-0.4, -0.2) is 58.6 Å². The summed E-state index contributed by atoms with van der Waals surface area (Å²) < 4.78 is 30.3. The molecule has 2 fully saturated rings. The van der Waals surface area contributed by atoms with E-state index in [2.05, 4.69) is 5.32 Å². The molecule has 3 atom stereocenters. The molecule has 0 spiro atoms. The first-order chi connectivity index (χ1) is 16.7. The van der Waals surface area contributed by atoms with Crippen molar-refractivity contribution >= 4 is 23.6 Å². The maximum Gasteiger partial charge on any atom is 0.278 e. The molecule has 2 saturated heterocycles. The molecule has 2 aromatic rings. The van der Waals surface area contributed by atoms with E-state index < -0.39 is 47.6 Å². The van der Waals surface area contributed by atoms with Gasteiger partial charge in [-0.25, -0.2) is 8.78 Å². The van der Waals surface area contributed by atoms with Gasteiger partial charge in [-0.1, -0.05) is 36.4 Å². The summed E-state index contributed by atoms with van der Waals surface area (Å²) >= 11 is 0. The van der Waals surface area contributed by atoms with E-state index in [1.807, 2.05) is 4.90 Å². The van der Waals surface area contributed by atoms with Gasteiger partial charge in [-0.3, -0.25) is 34.3 Å². The van der Waals surface area contributed by atoms with Crippen molar-refractivity contribution in [3.63, 3.8) is 0 Å². The third-order valence-corrected chi connectivity index (χ3v) is 6.98. The monoisotopic (exact) mass is 482 g/mol. The van der Waals surface area contributed by atoms with Crippen molar-refractivity contribution in [2.45, 2.75) is 37.4 Å². The summed E-state index contributed by atoms with van der Waals surface area (Å²) in [6.07, 6.45) is 0.116. The molecule has 3 aliphatic rings. The van der Waals surface area contributed by atoms with Gasteiger partial charge in [0.25, 0.3) is 17.7 Å². The molecule has 1 unspecified atom stereocenters. The lowest BCUT2D eigenvalue weighted by atomic mass is 9.91. The molecule has 2 aromatic carbocycles. The molecule has 35 heavy (non-hydrogen) atoms. The molecular formula is C25H24F2N4O4. The highest BCUT2D eigenvalue weighted by Gasteiger charge is 2.49. The fourth-order valence-corrected chi connectivity index (χ4v) is 5.18. The number of hydrogen-bond donors (Lipinski definition) is 2. The number of carbonyl (C=O) groups excluding carboxylic acids is 4. The van der Waals surface area contributed by atoms with E-state index in [-0.39, 0.29) is 49.2 Å². The van der Waals surface area contributed by atoms with Gasteiger partial charge in [0, 0.05) is 37.7 Å². The number of halogens is 2. The zero-order chi connectivity index (χ0) is 24.9. The summed E-state index contributed by atoms with van der Waals surface area (Å²) in [5.74, 6) is -6.45. The first-order valence-corrected chi connectivity index (χ1v) is 11.4. The molecule has 8 nitrogen and oxygen atoms in total. The summed E-state index contributed by atoms with van der Waals surface area (Å²) in [4.78, 5) is 52.2. The summed E-state index contributed by atoms with van der Waals surface area (Å²) in [5.41, 5.74) is 7.05. The number of carbonyl (C=O) groups is 4. The SMILES string of the molecule is N[C@@H]1CN(Cc2ccc3c(c2)C(=O)N(C2CCC(=O)NC2=O)C3=O)C[C@H]1C(F)(F)c1ccccc1. The summed E-state index contributed by atoms with van der Waals surface area (Å²) in [7, 11) is 0. The van der Waals surface area contributed by atoms with Crippen molar-refractivity contribution in [2.75, 3.05) is 13.1 Å². The smallest absolute Gasteiger partial charge is 0.278 e. The summed E-state index contributed by atoms with van der Waals surface area (Å²) in [6.45, 7) is 0.622. The van der Waals surface area contributed by atoms with Crippen molar-refractivity contribution in [2.24, 2.45) is 11.7 Å².